The molecule has 25 heavy (non-hydrogen) atoms. The summed E-state index contributed by atoms with van der Waals surface area (Å²) in [6.07, 6.45) is 14.1. The molecule has 0 aromatic heterocycles. The Morgan fingerprint density at radius 2 is 1.76 bits per heavy atom. The third-order valence-corrected chi connectivity index (χ3v) is 6.60. The van der Waals surface area contributed by atoms with E-state index in [2.05, 4.69) is 17.1 Å². The number of hydrogen-bond acceptors (Lipinski definition) is 3. The molecule has 2 saturated carbocycles. The first kappa shape index (κ1) is 19.2. The van der Waals surface area contributed by atoms with Crippen LogP contribution in [0.1, 0.15) is 77.6 Å². The van der Waals surface area contributed by atoms with E-state index in [0.29, 0.717) is 24.0 Å². The zero-order chi connectivity index (χ0) is 17.5. The van der Waals surface area contributed by atoms with Crippen LogP contribution < -0.4 is 5.32 Å². The Bertz CT molecular complexity index is 409. The van der Waals surface area contributed by atoms with Crippen molar-refractivity contribution in [2.24, 2.45) is 11.8 Å². The summed E-state index contributed by atoms with van der Waals surface area (Å²) in [6, 6.07) is 0.438. The molecule has 0 bridgehead atoms. The van der Waals surface area contributed by atoms with Crippen molar-refractivity contribution in [3.63, 3.8) is 0 Å². The predicted molar refractivity (Wildman–Crippen MR) is 102 cm³/mol. The van der Waals surface area contributed by atoms with Crippen LogP contribution in [0, 0.1) is 11.8 Å². The summed E-state index contributed by atoms with van der Waals surface area (Å²) < 4.78 is 6.17. The van der Waals surface area contributed by atoms with E-state index in [4.69, 9.17) is 4.74 Å². The SMILES string of the molecule is CC1CCCCC1OCCN1CCCC(C(=O)NC2CCCCC2)C1. The van der Waals surface area contributed by atoms with Crippen LogP contribution in [0.15, 0.2) is 0 Å². The number of piperidine rings is 1. The van der Waals surface area contributed by atoms with Crippen molar-refractivity contribution in [3.05, 3.63) is 0 Å². The van der Waals surface area contributed by atoms with Crippen molar-refractivity contribution < 1.29 is 9.53 Å². The maximum absolute atomic E-state index is 12.6. The van der Waals surface area contributed by atoms with Crippen LogP contribution >= 0.6 is 0 Å². The molecule has 0 aromatic carbocycles. The summed E-state index contributed by atoms with van der Waals surface area (Å²) in [6.45, 7) is 6.18. The van der Waals surface area contributed by atoms with Crippen LogP contribution in [-0.4, -0.2) is 49.2 Å². The van der Waals surface area contributed by atoms with Gasteiger partial charge >= 0.3 is 0 Å². The average molecular weight is 351 g/mol. The van der Waals surface area contributed by atoms with Crippen LogP contribution in [0.25, 0.3) is 0 Å². The van der Waals surface area contributed by atoms with Gasteiger partial charge in [0.15, 0.2) is 0 Å². The maximum Gasteiger partial charge on any atom is 0.224 e. The standard InChI is InChI=1S/C21H38N2O2/c1-17-8-5-6-12-20(17)25-15-14-23-13-7-9-18(16-23)21(24)22-19-10-3-2-4-11-19/h17-20H,2-16H2,1H3,(H,22,24). The Hall–Kier alpha value is -0.610. The highest BCUT2D eigenvalue weighted by molar-refractivity contribution is 5.79. The second-order valence-corrected chi connectivity index (χ2v) is 8.65. The molecule has 3 atom stereocenters. The first-order valence-electron chi connectivity index (χ1n) is 10.9. The molecule has 3 fully saturated rings. The van der Waals surface area contributed by atoms with Crippen molar-refractivity contribution in [2.45, 2.75) is 89.7 Å². The molecule has 144 valence electrons. The van der Waals surface area contributed by atoms with Gasteiger partial charge in [-0.15, -0.1) is 0 Å². The molecule has 3 rings (SSSR count). The summed E-state index contributed by atoms with van der Waals surface area (Å²) in [7, 11) is 0. The lowest BCUT2D eigenvalue weighted by Crippen LogP contribution is -2.47. The minimum absolute atomic E-state index is 0.185. The Labute approximate surface area is 154 Å². The van der Waals surface area contributed by atoms with Gasteiger partial charge in [-0.3, -0.25) is 4.79 Å². The van der Waals surface area contributed by atoms with Gasteiger partial charge in [0.05, 0.1) is 18.6 Å². The molecule has 1 saturated heterocycles. The van der Waals surface area contributed by atoms with Gasteiger partial charge in [-0.2, -0.15) is 0 Å². The van der Waals surface area contributed by atoms with Gasteiger partial charge in [0, 0.05) is 19.1 Å². The lowest BCUT2D eigenvalue weighted by molar-refractivity contribution is -0.127. The van der Waals surface area contributed by atoms with Crippen molar-refractivity contribution in [3.8, 4) is 0 Å². The van der Waals surface area contributed by atoms with E-state index in [0.717, 1.165) is 39.1 Å². The van der Waals surface area contributed by atoms with Gasteiger partial charge < -0.3 is 15.0 Å². The molecule has 0 radical (unpaired) electrons. The van der Waals surface area contributed by atoms with Crippen LogP contribution in [-0.2, 0) is 9.53 Å². The molecule has 1 N–H and O–H groups in total. The first-order chi connectivity index (χ1) is 12.2. The topological polar surface area (TPSA) is 41.6 Å². The lowest BCUT2D eigenvalue weighted by atomic mass is 9.88. The zero-order valence-corrected chi connectivity index (χ0v) is 16.2. The lowest BCUT2D eigenvalue weighted by Gasteiger charge is -2.34. The fraction of sp³-hybridized carbons (Fsp3) is 0.952. The highest BCUT2D eigenvalue weighted by Gasteiger charge is 2.28. The van der Waals surface area contributed by atoms with Gasteiger partial charge in [-0.1, -0.05) is 39.0 Å². The highest BCUT2D eigenvalue weighted by Crippen LogP contribution is 2.26. The van der Waals surface area contributed by atoms with Gasteiger partial charge in [-0.25, -0.2) is 0 Å². The largest absolute Gasteiger partial charge is 0.377 e. The van der Waals surface area contributed by atoms with Gasteiger partial charge in [0.25, 0.3) is 0 Å². The van der Waals surface area contributed by atoms with Crippen LogP contribution in [0.2, 0.25) is 0 Å². The molecule has 3 unspecified atom stereocenters. The zero-order valence-electron chi connectivity index (χ0n) is 16.2. The molecular weight excluding hydrogens is 312 g/mol. The van der Waals surface area contributed by atoms with Crippen LogP contribution in [0.3, 0.4) is 0 Å². The Balaban J connectivity index is 1.36. The maximum atomic E-state index is 12.6. The Kier molecular flexibility index (Phi) is 7.60. The van der Waals surface area contributed by atoms with E-state index in [9.17, 15) is 4.79 Å². The molecule has 4 nitrogen and oxygen atoms in total. The fourth-order valence-electron chi connectivity index (χ4n) is 4.90. The minimum atomic E-state index is 0.185. The quantitative estimate of drug-likeness (QED) is 0.793. The van der Waals surface area contributed by atoms with Crippen molar-refractivity contribution >= 4 is 5.91 Å². The predicted octanol–water partition coefficient (Wildman–Crippen LogP) is 3.74. The molecule has 4 heteroatoms. The molecular formula is C21H38N2O2. The van der Waals surface area contributed by atoms with Crippen molar-refractivity contribution in [1.29, 1.82) is 0 Å². The Morgan fingerprint density at radius 1 is 1.00 bits per heavy atom. The monoisotopic (exact) mass is 350 g/mol. The van der Waals surface area contributed by atoms with Gasteiger partial charge in [0.1, 0.15) is 0 Å². The number of likely N-dealkylation sites (tertiary alicyclic amines) is 1. The number of amides is 1. The number of nitrogens with one attached hydrogen (secondary N) is 1. The second kappa shape index (κ2) is 9.91. The van der Waals surface area contributed by atoms with E-state index < -0.39 is 0 Å². The summed E-state index contributed by atoms with van der Waals surface area (Å²) in [4.78, 5) is 15.1. The minimum Gasteiger partial charge on any atom is -0.377 e. The number of hydrogen-bond donors (Lipinski definition) is 1. The first-order valence-corrected chi connectivity index (χ1v) is 10.9. The van der Waals surface area contributed by atoms with E-state index in [1.165, 1.54) is 57.8 Å². The molecule has 1 amide bonds. The molecule has 0 spiro atoms. The van der Waals surface area contributed by atoms with Gasteiger partial charge in [-0.05, 0) is 51.0 Å². The highest BCUT2D eigenvalue weighted by atomic mass is 16.5. The normalized spacial score (nSPS) is 32.4. The molecule has 3 aliphatic rings. The van der Waals surface area contributed by atoms with Crippen LogP contribution in [0.4, 0.5) is 0 Å². The van der Waals surface area contributed by atoms with E-state index in [-0.39, 0.29) is 5.92 Å². The van der Waals surface area contributed by atoms with Crippen LogP contribution in [0.5, 0.6) is 0 Å². The van der Waals surface area contributed by atoms with E-state index in [1.54, 1.807) is 0 Å². The average Bonchev–Trinajstić information content (AvgIpc) is 2.64. The number of rotatable bonds is 6. The van der Waals surface area contributed by atoms with Crippen molar-refractivity contribution in [1.82, 2.24) is 10.2 Å². The fourth-order valence-corrected chi connectivity index (χ4v) is 4.90. The Morgan fingerprint density at radius 3 is 2.56 bits per heavy atom. The third-order valence-electron chi connectivity index (χ3n) is 6.60. The summed E-state index contributed by atoms with van der Waals surface area (Å²) in [5, 5.41) is 3.33. The summed E-state index contributed by atoms with van der Waals surface area (Å²) in [5.41, 5.74) is 0. The molecule has 0 aromatic rings. The summed E-state index contributed by atoms with van der Waals surface area (Å²) >= 11 is 0. The number of ether oxygens (including phenoxy) is 1. The van der Waals surface area contributed by atoms with Gasteiger partial charge in [0.2, 0.25) is 5.91 Å². The molecule has 1 aliphatic heterocycles. The summed E-state index contributed by atoms with van der Waals surface area (Å²) in [5.74, 6) is 1.20. The second-order valence-electron chi connectivity index (χ2n) is 8.65. The number of nitrogens with zero attached hydrogens (tertiary/aromatic N) is 1. The number of carbonyl (C=O) groups is 1. The molecule has 1 heterocycles. The third kappa shape index (κ3) is 5.96. The smallest absolute Gasteiger partial charge is 0.224 e. The number of carbonyl (C=O) groups excluding carboxylic acids is 1. The van der Waals surface area contributed by atoms with E-state index in [1.807, 2.05) is 0 Å². The molecule has 2 aliphatic carbocycles. The van der Waals surface area contributed by atoms with E-state index >= 15 is 0 Å². The van der Waals surface area contributed by atoms with Crippen molar-refractivity contribution in [2.75, 3.05) is 26.2 Å².